The Labute approximate surface area is 79.8 Å². The Bertz CT molecular complexity index is 162. The Morgan fingerprint density at radius 3 is 2.92 bits per heavy atom. The topological polar surface area (TPSA) is 38.3 Å². The van der Waals surface area contributed by atoms with E-state index in [-0.39, 0.29) is 6.10 Å². The third-order valence-corrected chi connectivity index (χ3v) is 2.10. The Kier molecular flexibility index (Phi) is 4.39. The number of rotatable bonds is 4. The maximum atomic E-state index is 11.4. The second kappa shape index (κ2) is 5.35. The van der Waals surface area contributed by atoms with Crippen LogP contribution in [-0.2, 0) is 9.53 Å². The van der Waals surface area contributed by atoms with Crippen molar-refractivity contribution in [2.45, 2.75) is 32.8 Å². The fraction of sp³-hybridized carbons (Fsp3) is 0.900. The summed E-state index contributed by atoms with van der Waals surface area (Å²) in [5, 5.41) is 3.22. The highest BCUT2D eigenvalue weighted by molar-refractivity contribution is 5.79. The normalized spacial score (nSPS) is 23.5. The molecule has 0 amide bonds. The van der Waals surface area contributed by atoms with E-state index in [1.165, 1.54) is 0 Å². The summed E-state index contributed by atoms with van der Waals surface area (Å²) in [5.74, 6) is 0.785. The van der Waals surface area contributed by atoms with Gasteiger partial charge in [-0.2, -0.15) is 0 Å². The molecule has 1 unspecified atom stereocenters. The van der Waals surface area contributed by atoms with Gasteiger partial charge in [0.1, 0.15) is 5.78 Å². The van der Waals surface area contributed by atoms with Crippen LogP contribution in [0, 0.1) is 5.92 Å². The lowest BCUT2D eigenvalue weighted by molar-refractivity contribution is -0.123. The fourth-order valence-corrected chi connectivity index (χ4v) is 1.54. The molecule has 0 aromatic rings. The van der Waals surface area contributed by atoms with Crippen molar-refractivity contribution in [1.29, 1.82) is 0 Å². The average Bonchev–Trinajstić information content (AvgIpc) is 2.04. The van der Waals surface area contributed by atoms with Gasteiger partial charge in [0.05, 0.1) is 12.7 Å². The summed E-state index contributed by atoms with van der Waals surface area (Å²) in [6.45, 7) is 6.61. The van der Waals surface area contributed by atoms with Gasteiger partial charge >= 0.3 is 0 Å². The molecule has 0 radical (unpaired) electrons. The van der Waals surface area contributed by atoms with Gasteiger partial charge in [0.2, 0.25) is 0 Å². The van der Waals surface area contributed by atoms with Crippen LogP contribution in [0.4, 0.5) is 0 Å². The lowest BCUT2D eigenvalue weighted by Gasteiger charge is -2.23. The van der Waals surface area contributed by atoms with E-state index in [0.29, 0.717) is 24.5 Å². The number of morpholine rings is 1. The van der Waals surface area contributed by atoms with Crippen molar-refractivity contribution < 1.29 is 9.53 Å². The molecule has 1 atom stereocenters. The summed E-state index contributed by atoms with van der Waals surface area (Å²) in [5.41, 5.74) is 0. The van der Waals surface area contributed by atoms with Gasteiger partial charge in [0, 0.05) is 25.9 Å². The summed E-state index contributed by atoms with van der Waals surface area (Å²) in [6.07, 6.45) is 1.37. The van der Waals surface area contributed by atoms with E-state index < -0.39 is 0 Å². The lowest BCUT2D eigenvalue weighted by atomic mass is 10.0. The Morgan fingerprint density at radius 1 is 1.62 bits per heavy atom. The van der Waals surface area contributed by atoms with Crippen LogP contribution < -0.4 is 5.32 Å². The number of ether oxygens (including phenoxy) is 1. The van der Waals surface area contributed by atoms with Gasteiger partial charge in [0.25, 0.3) is 0 Å². The minimum absolute atomic E-state index is 0.111. The van der Waals surface area contributed by atoms with Crippen LogP contribution in [0.3, 0.4) is 0 Å². The van der Waals surface area contributed by atoms with E-state index in [1.54, 1.807) is 0 Å². The van der Waals surface area contributed by atoms with E-state index in [0.717, 1.165) is 19.7 Å². The number of carbonyl (C=O) groups excluding carboxylic acids is 1. The van der Waals surface area contributed by atoms with E-state index in [4.69, 9.17) is 4.74 Å². The molecule has 3 heteroatoms. The first kappa shape index (κ1) is 10.7. The molecule has 3 nitrogen and oxygen atoms in total. The number of ketones is 1. The Balaban J connectivity index is 2.18. The molecule has 0 saturated carbocycles. The first-order chi connectivity index (χ1) is 6.18. The SMILES string of the molecule is CC(C)CC(=O)CC1CNCCO1. The van der Waals surface area contributed by atoms with Gasteiger partial charge < -0.3 is 10.1 Å². The van der Waals surface area contributed by atoms with Crippen molar-refractivity contribution in [3.8, 4) is 0 Å². The van der Waals surface area contributed by atoms with Gasteiger partial charge in [-0.15, -0.1) is 0 Å². The minimum atomic E-state index is 0.111. The average molecular weight is 185 g/mol. The minimum Gasteiger partial charge on any atom is -0.375 e. The molecule has 1 N–H and O–H groups in total. The molecule has 1 aliphatic rings. The molecule has 1 aliphatic heterocycles. The molecule has 0 bridgehead atoms. The second-order valence-electron chi connectivity index (χ2n) is 4.04. The molecule has 76 valence electrons. The maximum absolute atomic E-state index is 11.4. The number of nitrogens with one attached hydrogen (secondary N) is 1. The fourth-order valence-electron chi connectivity index (χ4n) is 1.54. The predicted octanol–water partition coefficient (Wildman–Crippen LogP) is 0.980. The highest BCUT2D eigenvalue weighted by Crippen LogP contribution is 2.08. The van der Waals surface area contributed by atoms with Crippen LogP contribution in [0.2, 0.25) is 0 Å². The summed E-state index contributed by atoms with van der Waals surface area (Å²) in [4.78, 5) is 11.4. The largest absolute Gasteiger partial charge is 0.375 e. The number of carbonyl (C=O) groups is 1. The van der Waals surface area contributed by atoms with Crippen molar-refractivity contribution in [3.05, 3.63) is 0 Å². The predicted molar refractivity (Wildman–Crippen MR) is 51.7 cm³/mol. The highest BCUT2D eigenvalue weighted by Gasteiger charge is 2.17. The lowest BCUT2D eigenvalue weighted by Crippen LogP contribution is -2.39. The zero-order valence-electron chi connectivity index (χ0n) is 8.51. The van der Waals surface area contributed by atoms with Gasteiger partial charge in [-0.3, -0.25) is 4.79 Å². The van der Waals surface area contributed by atoms with Crippen LogP contribution in [0.1, 0.15) is 26.7 Å². The van der Waals surface area contributed by atoms with E-state index in [1.807, 2.05) is 0 Å². The van der Waals surface area contributed by atoms with Crippen LogP contribution >= 0.6 is 0 Å². The van der Waals surface area contributed by atoms with E-state index in [2.05, 4.69) is 19.2 Å². The molecule has 0 aliphatic carbocycles. The third-order valence-electron chi connectivity index (χ3n) is 2.10. The quantitative estimate of drug-likeness (QED) is 0.709. The Hall–Kier alpha value is -0.410. The Morgan fingerprint density at radius 2 is 2.38 bits per heavy atom. The van der Waals surface area contributed by atoms with Gasteiger partial charge in [0.15, 0.2) is 0 Å². The summed E-state index contributed by atoms with van der Waals surface area (Å²) in [6, 6.07) is 0. The summed E-state index contributed by atoms with van der Waals surface area (Å²) in [7, 11) is 0. The molecule has 0 spiro atoms. The highest BCUT2D eigenvalue weighted by atomic mass is 16.5. The molecule has 1 fully saturated rings. The molecule has 1 rings (SSSR count). The summed E-state index contributed by atoms with van der Waals surface area (Å²) < 4.78 is 5.45. The molecule has 13 heavy (non-hydrogen) atoms. The van der Waals surface area contributed by atoms with Crippen molar-refractivity contribution in [2.75, 3.05) is 19.7 Å². The first-order valence-corrected chi connectivity index (χ1v) is 5.02. The van der Waals surface area contributed by atoms with Crippen LogP contribution in [0.25, 0.3) is 0 Å². The number of Topliss-reactive ketones (excluding diaryl/α,β-unsaturated/α-hetero) is 1. The monoisotopic (exact) mass is 185 g/mol. The molecule has 1 heterocycles. The third kappa shape index (κ3) is 4.39. The van der Waals surface area contributed by atoms with E-state index in [9.17, 15) is 4.79 Å². The second-order valence-corrected chi connectivity index (χ2v) is 4.04. The number of hydrogen-bond acceptors (Lipinski definition) is 3. The molecular formula is C10H19NO2. The van der Waals surface area contributed by atoms with Crippen molar-refractivity contribution in [3.63, 3.8) is 0 Å². The zero-order chi connectivity index (χ0) is 9.68. The maximum Gasteiger partial charge on any atom is 0.135 e. The van der Waals surface area contributed by atoms with Crippen molar-refractivity contribution >= 4 is 5.78 Å². The van der Waals surface area contributed by atoms with Gasteiger partial charge in [-0.25, -0.2) is 0 Å². The standard InChI is InChI=1S/C10H19NO2/c1-8(2)5-9(12)6-10-7-11-3-4-13-10/h8,10-11H,3-7H2,1-2H3. The smallest absolute Gasteiger partial charge is 0.135 e. The van der Waals surface area contributed by atoms with E-state index >= 15 is 0 Å². The molecule has 0 aromatic carbocycles. The van der Waals surface area contributed by atoms with Crippen molar-refractivity contribution in [2.24, 2.45) is 5.92 Å². The molecular weight excluding hydrogens is 166 g/mol. The van der Waals surface area contributed by atoms with Crippen LogP contribution in [0.15, 0.2) is 0 Å². The first-order valence-electron chi connectivity index (χ1n) is 5.02. The van der Waals surface area contributed by atoms with Crippen LogP contribution in [0.5, 0.6) is 0 Å². The number of hydrogen-bond donors (Lipinski definition) is 1. The molecule has 1 saturated heterocycles. The zero-order valence-corrected chi connectivity index (χ0v) is 8.51. The van der Waals surface area contributed by atoms with Crippen molar-refractivity contribution in [1.82, 2.24) is 5.32 Å². The molecule has 0 aromatic heterocycles. The van der Waals surface area contributed by atoms with Crippen LogP contribution in [-0.4, -0.2) is 31.6 Å². The summed E-state index contributed by atoms with van der Waals surface area (Å²) >= 11 is 0. The van der Waals surface area contributed by atoms with Gasteiger partial charge in [-0.1, -0.05) is 13.8 Å². The van der Waals surface area contributed by atoms with Gasteiger partial charge in [-0.05, 0) is 5.92 Å².